The molecule has 8 nitrogen and oxygen atoms in total. The molecule has 10 aromatic rings. The SMILES string of the molecule is COC1=CCC(C)(c2ccc3c(c2)c2cc(-c4ccc(OC)cc4)ccc2n3-c2ccc(-c3cc(C(=O)O)cc(-c4ccc(-n5c6c(c7cc(-c8ccc(OC)cc8)ccc75)CC(C)(/C(C)=C/C=C(\C)OC)C=C6)cc4)c3)cc2)C=C1. The highest BCUT2D eigenvalue weighted by molar-refractivity contribution is 6.11. The average molecular weight is 1070 g/mol. The van der Waals surface area contributed by atoms with Gasteiger partial charge in [0.15, 0.2) is 0 Å². The van der Waals surface area contributed by atoms with E-state index in [1.807, 2.05) is 37.3 Å². The van der Waals surface area contributed by atoms with Crippen LogP contribution in [0.25, 0.3) is 94.7 Å². The number of aromatic carboxylic acids is 1. The molecule has 1 N–H and O–H groups in total. The van der Waals surface area contributed by atoms with Gasteiger partial charge in [0.05, 0.1) is 56.3 Å². The van der Waals surface area contributed by atoms with E-state index in [1.165, 1.54) is 22.1 Å². The topological polar surface area (TPSA) is 84.1 Å². The van der Waals surface area contributed by atoms with Crippen molar-refractivity contribution in [1.29, 1.82) is 0 Å². The Labute approximate surface area is 473 Å². The molecule has 0 amide bonds. The number of hydrogen-bond acceptors (Lipinski definition) is 5. The number of carboxylic acids is 1. The second-order valence-corrected chi connectivity index (χ2v) is 21.9. The molecule has 0 saturated heterocycles. The van der Waals surface area contributed by atoms with Gasteiger partial charge in [-0.25, -0.2) is 4.79 Å². The van der Waals surface area contributed by atoms with Crippen molar-refractivity contribution in [2.75, 3.05) is 28.4 Å². The summed E-state index contributed by atoms with van der Waals surface area (Å²) in [6.45, 7) is 8.75. The van der Waals surface area contributed by atoms with Crippen LogP contribution in [0.1, 0.15) is 61.3 Å². The Hall–Kier alpha value is -9.53. The minimum absolute atomic E-state index is 0.202. The number of rotatable bonds is 14. The van der Waals surface area contributed by atoms with Gasteiger partial charge in [-0.1, -0.05) is 104 Å². The fourth-order valence-electron chi connectivity index (χ4n) is 11.8. The van der Waals surface area contributed by atoms with E-state index in [1.54, 1.807) is 40.6 Å². The largest absolute Gasteiger partial charge is 0.501 e. The lowest BCUT2D eigenvalue weighted by Crippen LogP contribution is -2.21. The van der Waals surface area contributed by atoms with Gasteiger partial charge in [-0.2, -0.15) is 0 Å². The fourth-order valence-corrected chi connectivity index (χ4v) is 11.8. The van der Waals surface area contributed by atoms with Gasteiger partial charge in [-0.3, -0.25) is 0 Å². The van der Waals surface area contributed by atoms with Crippen LogP contribution >= 0.6 is 0 Å². The van der Waals surface area contributed by atoms with E-state index in [2.05, 4.69) is 200 Å². The molecule has 0 radical (unpaired) electrons. The number of ether oxygens (including phenoxy) is 4. The maximum atomic E-state index is 12.9. The quantitative estimate of drug-likeness (QED) is 0.0863. The molecule has 8 aromatic carbocycles. The van der Waals surface area contributed by atoms with E-state index < -0.39 is 5.97 Å². The third kappa shape index (κ3) is 9.60. The first-order valence-electron chi connectivity index (χ1n) is 27.4. The second-order valence-electron chi connectivity index (χ2n) is 21.9. The first-order valence-corrected chi connectivity index (χ1v) is 27.4. The van der Waals surface area contributed by atoms with Crippen molar-refractivity contribution < 1.29 is 28.8 Å². The molecule has 0 spiro atoms. The highest BCUT2D eigenvalue weighted by Gasteiger charge is 2.32. The Morgan fingerprint density at radius 2 is 1.02 bits per heavy atom. The van der Waals surface area contributed by atoms with E-state index in [0.717, 1.165) is 125 Å². The van der Waals surface area contributed by atoms with Crippen LogP contribution in [0.3, 0.4) is 0 Å². The molecular formula is C73H64N2O6. The van der Waals surface area contributed by atoms with Crippen LogP contribution in [0.15, 0.2) is 223 Å². The molecule has 2 unspecified atom stereocenters. The molecule has 8 heteroatoms. The highest BCUT2D eigenvalue weighted by atomic mass is 16.5. The maximum Gasteiger partial charge on any atom is 0.335 e. The number of hydrogen-bond donors (Lipinski definition) is 1. The molecule has 402 valence electrons. The van der Waals surface area contributed by atoms with Gasteiger partial charge in [0.2, 0.25) is 0 Å². The van der Waals surface area contributed by atoms with Crippen LogP contribution in [0.4, 0.5) is 0 Å². The lowest BCUT2D eigenvalue weighted by atomic mass is 9.73. The lowest BCUT2D eigenvalue weighted by molar-refractivity contribution is 0.0697. The lowest BCUT2D eigenvalue weighted by Gasteiger charge is -2.31. The molecular weight excluding hydrogens is 1000 g/mol. The zero-order valence-corrected chi connectivity index (χ0v) is 47.0. The number of methoxy groups -OCH3 is 4. The van der Waals surface area contributed by atoms with E-state index in [-0.39, 0.29) is 16.4 Å². The van der Waals surface area contributed by atoms with Crippen LogP contribution in [-0.2, 0) is 21.3 Å². The Morgan fingerprint density at radius 1 is 0.519 bits per heavy atom. The zero-order chi connectivity index (χ0) is 56.2. The van der Waals surface area contributed by atoms with E-state index in [9.17, 15) is 9.90 Å². The number of nitrogens with zero attached hydrogens (tertiary/aromatic N) is 2. The van der Waals surface area contributed by atoms with Crippen LogP contribution in [0.5, 0.6) is 11.5 Å². The third-order valence-electron chi connectivity index (χ3n) is 17.0. The molecule has 12 rings (SSSR count). The van der Waals surface area contributed by atoms with E-state index >= 15 is 0 Å². The van der Waals surface area contributed by atoms with Crippen molar-refractivity contribution in [1.82, 2.24) is 9.13 Å². The van der Waals surface area contributed by atoms with Crippen molar-refractivity contribution in [3.63, 3.8) is 0 Å². The number of allylic oxidation sites excluding steroid dienone is 8. The van der Waals surface area contributed by atoms with E-state index in [4.69, 9.17) is 18.9 Å². The molecule has 2 atom stereocenters. The predicted octanol–water partition coefficient (Wildman–Crippen LogP) is 17.9. The smallest absolute Gasteiger partial charge is 0.335 e. The molecule has 2 aliphatic carbocycles. The van der Waals surface area contributed by atoms with Crippen molar-refractivity contribution in [2.24, 2.45) is 5.41 Å². The average Bonchev–Trinajstić information content (AvgIpc) is 4.26. The molecule has 81 heavy (non-hydrogen) atoms. The third-order valence-corrected chi connectivity index (χ3v) is 17.0. The molecule has 0 bridgehead atoms. The Bertz CT molecular complexity index is 4260. The zero-order valence-electron chi connectivity index (χ0n) is 47.0. The van der Waals surface area contributed by atoms with Gasteiger partial charge in [-0.15, -0.1) is 0 Å². The minimum Gasteiger partial charge on any atom is -0.501 e. The standard InChI is InChI=1S/C73H64N2O6/c1-46(9-10-47(2)78-5)73(4)38-35-70-66(45-73)64-43-53(49-17-28-61(80-7)29-18-49)20-31-68(64)75(70)59-24-13-51(14-25-59)55-39-54(40-56(41-55)71(76)77)50-11-22-58(23-12-50)74-67-30-19-52(48-15-26-60(79-6)27-16-48)42-63(67)65-44-57(21-32-69(65)74)72(3)36-33-62(81-8)34-37-72/h9-36,38-44H,37,45H2,1-8H3,(H,76,77)/b46-9+,47-10+. The maximum absolute atomic E-state index is 12.9. The summed E-state index contributed by atoms with van der Waals surface area (Å²) in [5.74, 6) is 2.40. The second kappa shape index (κ2) is 20.9. The minimum atomic E-state index is -0.981. The van der Waals surface area contributed by atoms with Gasteiger partial charge >= 0.3 is 5.97 Å². The van der Waals surface area contributed by atoms with Gasteiger partial charge in [0.1, 0.15) is 17.3 Å². The van der Waals surface area contributed by atoms with E-state index in [0.29, 0.717) is 0 Å². The summed E-state index contributed by atoms with van der Waals surface area (Å²) in [7, 11) is 6.79. The van der Waals surface area contributed by atoms with Gasteiger partial charge in [0, 0.05) is 44.1 Å². The number of fused-ring (bicyclic) bond motifs is 6. The first-order chi connectivity index (χ1) is 39.3. The van der Waals surface area contributed by atoms with Crippen molar-refractivity contribution in [3.05, 3.63) is 246 Å². The Kier molecular flexibility index (Phi) is 13.5. The summed E-state index contributed by atoms with van der Waals surface area (Å²) >= 11 is 0. The van der Waals surface area contributed by atoms with Crippen molar-refractivity contribution in [2.45, 2.75) is 46.0 Å². The number of carbonyl (C=O) groups is 1. The molecule has 2 heterocycles. The summed E-state index contributed by atoms with van der Waals surface area (Å²) in [5.41, 5.74) is 18.0. The van der Waals surface area contributed by atoms with Crippen LogP contribution < -0.4 is 9.47 Å². The van der Waals surface area contributed by atoms with Crippen molar-refractivity contribution >= 4 is 44.8 Å². The highest BCUT2D eigenvalue weighted by Crippen LogP contribution is 2.46. The van der Waals surface area contributed by atoms with Gasteiger partial charge in [0.25, 0.3) is 0 Å². The Morgan fingerprint density at radius 3 is 1.56 bits per heavy atom. The number of carboxylic acid groups (broad SMARTS) is 1. The number of aromatic nitrogens is 2. The summed E-state index contributed by atoms with van der Waals surface area (Å²) in [6, 6.07) is 59.4. The van der Waals surface area contributed by atoms with Gasteiger partial charge < -0.3 is 33.2 Å². The number of benzene rings is 8. The van der Waals surface area contributed by atoms with Crippen LogP contribution in [-0.4, -0.2) is 48.6 Å². The summed E-state index contributed by atoms with van der Waals surface area (Å²) in [4.78, 5) is 12.9. The summed E-state index contributed by atoms with van der Waals surface area (Å²) in [6.07, 6.45) is 17.0. The first kappa shape index (κ1) is 52.2. The Balaban J connectivity index is 0.902. The fraction of sp³-hybridized carbons (Fsp3) is 0.164. The molecule has 0 saturated carbocycles. The summed E-state index contributed by atoms with van der Waals surface area (Å²) in [5, 5.41) is 14.1. The monoisotopic (exact) mass is 1060 g/mol. The molecule has 2 aromatic heterocycles. The summed E-state index contributed by atoms with van der Waals surface area (Å²) < 4.78 is 26.7. The predicted molar refractivity (Wildman–Crippen MR) is 331 cm³/mol. The van der Waals surface area contributed by atoms with Crippen molar-refractivity contribution in [3.8, 4) is 67.4 Å². The normalized spacial score (nSPS) is 17.1. The molecule has 2 aliphatic rings. The molecule has 0 fully saturated rings. The van der Waals surface area contributed by atoms with Gasteiger partial charge in [-0.05, 0) is 210 Å². The molecule has 0 aliphatic heterocycles. The van der Waals surface area contributed by atoms with Crippen LogP contribution in [0, 0.1) is 5.41 Å². The van der Waals surface area contributed by atoms with Crippen LogP contribution in [0.2, 0.25) is 0 Å².